The second kappa shape index (κ2) is 16.1. The highest BCUT2D eigenvalue weighted by Gasteiger charge is 2.39. The summed E-state index contributed by atoms with van der Waals surface area (Å²) in [6.45, 7) is 3.92. The van der Waals surface area contributed by atoms with Crippen LogP contribution in [-0.4, -0.2) is 98.1 Å². The Balaban J connectivity index is 1.50. The third-order valence-corrected chi connectivity index (χ3v) is 12.2. The monoisotopic (exact) mass is 651 g/mol. The Morgan fingerprint density at radius 2 is 1.26 bits per heavy atom. The lowest BCUT2D eigenvalue weighted by Crippen LogP contribution is -2.44. The van der Waals surface area contributed by atoms with Gasteiger partial charge in [-0.05, 0) is 111 Å². The first-order valence-electron chi connectivity index (χ1n) is 14.6. The average molecular weight is 653 g/mol. The van der Waals surface area contributed by atoms with E-state index in [-0.39, 0.29) is 11.9 Å². The molecule has 230 valence electrons. The number of amides is 1. The van der Waals surface area contributed by atoms with Crippen LogP contribution in [0.3, 0.4) is 0 Å². The van der Waals surface area contributed by atoms with Gasteiger partial charge in [0, 0.05) is 30.2 Å². The Kier molecular flexibility index (Phi) is 12.8. The molecule has 0 radical (unpaired) electrons. The zero-order chi connectivity index (χ0) is 30.2. The number of carbonyl (C=O) groups excluding carboxylic acids is 2. The number of nitrogens with zero attached hydrogens (tertiary/aromatic N) is 2. The van der Waals surface area contributed by atoms with Crippen LogP contribution in [0.15, 0.2) is 48.5 Å². The largest absolute Gasteiger partial charge is 0.468 e. The molecule has 2 saturated heterocycles. The number of hydrogen-bond acceptors (Lipinski definition) is 7. The van der Waals surface area contributed by atoms with Crippen LogP contribution in [0.4, 0.5) is 0 Å². The maximum absolute atomic E-state index is 13.3. The normalized spacial score (nSPS) is 25.0. The van der Waals surface area contributed by atoms with Crippen LogP contribution in [0.25, 0.3) is 0 Å². The van der Waals surface area contributed by atoms with Crippen molar-refractivity contribution in [2.45, 2.75) is 35.2 Å². The molecule has 0 aliphatic carbocycles. The second-order valence-corrected chi connectivity index (χ2v) is 14.8. The summed E-state index contributed by atoms with van der Waals surface area (Å²) >= 11 is 15.5. The van der Waals surface area contributed by atoms with Crippen LogP contribution in [-0.2, 0) is 14.3 Å². The number of hydrogen-bond donors (Lipinski definition) is 1. The molecule has 0 saturated carbocycles. The lowest BCUT2D eigenvalue weighted by Gasteiger charge is -2.38. The van der Waals surface area contributed by atoms with Gasteiger partial charge in [-0.2, -0.15) is 0 Å². The molecule has 10 heteroatoms. The Labute approximate surface area is 269 Å². The van der Waals surface area contributed by atoms with Gasteiger partial charge in [-0.15, -0.1) is 23.5 Å². The molecule has 2 aliphatic rings. The summed E-state index contributed by atoms with van der Waals surface area (Å²) in [5.41, 5.74) is 2.56. The minimum Gasteiger partial charge on any atom is -0.468 e. The van der Waals surface area contributed by atoms with Crippen molar-refractivity contribution in [3.63, 3.8) is 0 Å². The number of nitrogens with one attached hydrogen (secondary N) is 1. The highest BCUT2D eigenvalue weighted by molar-refractivity contribution is 8.04. The van der Waals surface area contributed by atoms with Gasteiger partial charge in [-0.25, -0.2) is 0 Å². The van der Waals surface area contributed by atoms with Gasteiger partial charge in [-0.1, -0.05) is 47.5 Å². The summed E-state index contributed by atoms with van der Waals surface area (Å²) in [5.74, 6) is 2.46. The molecule has 1 N–H and O–H groups in total. The van der Waals surface area contributed by atoms with E-state index in [2.05, 4.69) is 53.5 Å². The molecule has 2 unspecified atom stereocenters. The van der Waals surface area contributed by atoms with E-state index >= 15 is 0 Å². The zero-order valence-corrected chi connectivity index (χ0v) is 28.1. The number of benzene rings is 2. The zero-order valence-electron chi connectivity index (χ0n) is 24.9. The van der Waals surface area contributed by atoms with E-state index in [1.165, 1.54) is 18.2 Å². The van der Waals surface area contributed by atoms with Crippen LogP contribution in [0.5, 0.6) is 0 Å². The highest BCUT2D eigenvalue weighted by atomic mass is 35.5. The molecule has 4 rings (SSSR count). The summed E-state index contributed by atoms with van der Waals surface area (Å²) in [4.78, 5) is 31.3. The first kappa shape index (κ1) is 33.5. The van der Waals surface area contributed by atoms with E-state index in [9.17, 15) is 9.59 Å². The second-order valence-electron chi connectivity index (χ2n) is 11.6. The van der Waals surface area contributed by atoms with Gasteiger partial charge in [0.2, 0.25) is 5.91 Å². The minimum absolute atomic E-state index is 0.134. The molecule has 0 spiro atoms. The number of thioether (sulfide) groups is 2. The molecule has 6 nitrogen and oxygen atoms in total. The van der Waals surface area contributed by atoms with Crippen molar-refractivity contribution >= 4 is 58.6 Å². The van der Waals surface area contributed by atoms with Gasteiger partial charge >= 0.3 is 5.97 Å². The van der Waals surface area contributed by atoms with E-state index in [1.807, 2.05) is 24.3 Å². The van der Waals surface area contributed by atoms with Crippen LogP contribution in [0.2, 0.25) is 10.0 Å². The SMILES string of the molecule is CNC(=O)C(SC[C@H]1CN(C)CC[C@@H]1c1ccc(Cl)cc1)C(SC[C@H]1CN(C)CC[C@@H]1c1ccc(Cl)cc1)C(=O)OC. The predicted octanol–water partition coefficient (Wildman–Crippen LogP) is 5.89. The van der Waals surface area contributed by atoms with Crippen LogP contribution >= 0.6 is 46.7 Å². The van der Waals surface area contributed by atoms with Crippen LogP contribution < -0.4 is 5.32 Å². The molecule has 0 aromatic heterocycles. The molecule has 2 aromatic rings. The number of methoxy groups -OCH3 is 1. The molecule has 1 amide bonds. The lowest BCUT2D eigenvalue weighted by atomic mass is 9.81. The van der Waals surface area contributed by atoms with Gasteiger partial charge in [0.15, 0.2) is 0 Å². The van der Waals surface area contributed by atoms with Gasteiger partial charge in [0.05, 0.1) is 7.11 Å². The van der Waals surface area contributed by atoms with Crippen molar-refractivity contribution in [2.24, 2.45) is 11.8 Å². The summed E-state index contributed by atoms with van der Waals surface area (Å²) in [7, 11) is 7.36. The Morgan fingerprint density at radius 1 is 0.833 bits per heavy atom. The van der Waals surface area contributed by atoms with Crippen molar-refractivity contribution in [3.05, 3.63) is 69.7 Å². The number of piperidine rings is 2. The molecule has 2 heterocycles. The fourth-order valence-electron chi connectivity index (χ4n) is 6.36. The van der Waals surface area contributed by atoms with Gasteiger partial charge in [-0.3, -0.25) is 9.59 Å². The third kappa shape index (κ3) is 8.82. The van der Waals surface area contributed by atoms with Crippen molar-refractivity contribution in [3.8, 4) is 0 Å². The van der Waals surface area contributed by atoms with E-state index in [0.717, 1.165) is 60.6 Å². The third-order valence-electron chi connectivity index (χ3n) is 8.66. The number of esters is 1. The highest BCUT2D eigenvalue weighted by Crippen LogP contribution is 2.40. The minimum atomic E-state index is -0.603. The summed E-state index contributed by atoms with van der Waals surface area (Å²) in [6, 6.07) is 16.3. The van der Waals surface area contributed by atoms with Gasteiger partial charge in [0.25, 0.3) is 0 Å². The Hall–Kier alpha value is -1.42. The number of likely N-dealkylation sites (tertiary alicyclic amines) is 2. The van der Waals surface area contributed by atoms with Gasteiger partial charge in [0.1, 0.15) is 10.5 Å². The molecule has 6 atom stereocenters. The van der Waals surface area contributed by atoms with E-state index < -0.39 is 10.5 Å². The average Bonchev–Trinajstić information content (AvgIpc) is 2.99. The number of rotatable bonds is 11. The molecule has 0 bridgehead atoms. The van der Waals surface area contributed by atoms with E-state index in [1.54, 1.807) is 30.6 Å². The van der Waals surface area contributed by atoms with Crippen molar-refractivity contribution in [2.75, 3.05) is 65.9 Å². The number of halogens is 2. The maximum atomic E-state index is 13.3. The molecular formula is C32H43Cl2N3O3S2. The van der Waals surface area contributed by atoms with E-state index in [0.29, 0.717) is 23.7 Å². The van der Waals surface area contributed by atoms with Crippen LogP contribution in [0.1, 0.15) is 35.8 Å². The summed E-state index contributed by atoms with van der Waals surface area (Å²) in [6.07, 6.45) is 2.09. The summed E-state index contributed by atoms with van der Waals surface area (Å²) < 4.78 is 5.29. The fraction of sp³-hybridized carbons (Fsp3) is 0.562. The van der Waals surface area contributed by atoms with Crippen LogP contribution in [0, 0.1) is 11.8 Å². The quantitative estimate of drug-likeness (QED) is 0.304. The summed E-state index contributed by atoms with van der Waals surface area (Å²) in [5, 5.41) is 3.14. The predicted molar refractivity (Wildman–Crippen MR) is 178 cm³/mol. The van der Waals surface area contributed by atoms with Crippen molar-refractivity contribution < 1.29 is 14.3 Å². The lowest BCUT2D eigenvalue weighted by molar-refractivity contribution is -0.141. The topological polar surface area (TPSA) is 61.9 Å². The first-order chi connectivity index (χ1) is 20.2. The Bertz CT molecular complexity index is 1080. The van der Waals surface area contributed by atoms with E-state index in [4.69, 9.17) is 27.9 Å². The van der Waals surface area contributed by atoms with Crippen molar-refractivity contribution in [1.82, 2.24) is 15.1 Å². The molecule has 2 fully saturated rings. The molecule has 2 aromatic carbocycles. The fourth-order valence-corrected chi connectivity index (χ4v) is 9.75. The van der Waals surface area contributed by atoms with Crippen molar-refractivity contribution in [1.29, 1.82) is 0 Å². The Morgan fingerprint density at radius 3 is 1.67 bits per heavy atom. The molecule has 2 aliphatic heterocycles. The number of ether oxygens (including phenoxy) is 1. The molecule has 42 heavy (non-hydrogen) atoms. The number of carbonyl (C=O) groups is 2. The van der Waals surface area contributed by atoms with Gasteiger partial charge < -0.3 is 19.9 Å². The molecular weight excluding hydrogens is 609 g/mol. The maximum Gasteiger partial charge on any atom is 0.320 e. The first-order valence-corrected chi connectivity index (χ1v) is 17.5. The standard InChI is InChI=1S/C32H43Cl2N3O3S2/c1-35-31(38)29(41-19-23-17-36(2)15-13-27(23)21-5-9-25(33)10-6-21)30(32(39)40-4)42-20-24-18-37(3)16-14-28(24)22-7-11-26(34)12-8-22/h5-12,23-24,27-30H,13-20H2,1-4H3,(H,35,38)/t23-,24-,27-,28-,29?,30?/m1/s1. The smallest absolute Gasteiger partial charge is 0.320 e.